The van der Waals surface area contributed by atoms with Crippen LogP contribution in [0.4, 0.5) is 0 Å². The number of methoxy groups -OCH3 is 1. The van der Waals surface area contributed by atoms with Gasteiger partial charge < -0.3 is 13.6 Å². The Balaban J connectivity index is 1.90. The number of Topliss-reactive ketones (excluding diaryl/α,β-unsaturated/α-hetero) is 1. The number of carbonyl (C=O) groups is 1. The fourth-order valence-electron chi connectivity index (χ4n) is 2.50. The predicted octanol–water partition coefficient (Wildman–Crippen LogP) is 2.93. The monoisotopic (exact) mass is 258 g/mol. The van der Waals surface area contributed by atoms with Gasteiger partial charge in [-0.1, -0.05) is 0 Å². The lowest BCUT2D eigenvalue weighted by molar-refractivity contribution is -0.121. The van der Waals surface area contributed by atoms with E-state index in [0.29, 0.717) is 12.2 Å². The molecular formula is C15H14O4. The van der Waals surface area contributed by atoms with Crippen LogP contribution in [0.1, 0.15) is 17.4 Å². The van der Waals surface area contributed by atoms with Crippen LogP contribution in [0.3, 0.4) is 0 Å². The maximum Gasteiger partial charge on any atom is 0.201 e. The minimum absolute atomic E-state index is 0.000278. The Hall–Kier alpha value is -2.23. The van der Waals surface area contributed by atoms with Gasteiger partial charge in [0, 0.05) is 18.3 Å². The van der Waals surface area contributed by atoms with E-state index in [-0.39, 0.29) is 17.6 Å². The average Bonchev–Trinajstić information content (AvgIpc) is 3.13. The normalized spacial score (nSPS) is 22.6. The SMILES string of the molecule is COC1=C[C@H](c2ccco2)[C@@H](Cc2ccco2)C1=O. The largest absolute Gasteiger partial charge is 0.493 e. The van der Waals surface area contributed by atoms with E-state index in [2.05, 4.69) is 0 Å². The first-order valence-electron chi connectivity index (χ1n) is 6.15. The van der Waals surface area contributed by atoms with Gasteiger partial charge in [-0.15, -0.1) is 0 Å². The minimum atomic E-state index is -0.229. The highest BCUT2D eigenvalue weighted by molar-refractivity contribution is 5.99. The molecule has 0 aliphatic heterocycles. The van der Waals surface area contributed by atoms with Gasteiger partial charge in [-0.2, -0.15) is 0 Å². The van der Waals surface area contributed by atoms with Crippen molar-refractivity contribution in [3.63, 3.8) is 0 Å². The molecule has 2 atom stereocenters. The maximum atomic E-state index is 12.3. The highest BCUT2D eigenvalue weighted by Gasteiger charge is 2.39. The molecule has 0 radical (unpaired) electrons. The summed E-state index contributed by atoms with van der Waals surface area (Å²) in [6, 6.07) is 7.39. The van der Waals surface area contributed by atoms with Crippen LogP contribution in [0.5, 0.6) is 0 Å². The number of ether oxygens (including phenoxy) is 1. The van der Waals surface area contributed by atoms with E-state index in [4.69, 9.17) is 13.6 Å². The number of furan rings is 2. The second-order valence-corrected chi connectivity index (χ2v) is 4.53. The Morgan fingerprint density at radius 2 is 2.00 bits per heavy atom. The zero-order valence-corrected chi connectivity index (χ0v) is 10.5. The number of hydrogen-bond donors (Lipinski definition) is 0. The van der Waals surface area contributed by atoms with Gasteiger partial charge >= 0.3 is 0 Å². The topological polar surface area (TPSA) is 52.6 Å². The van der Waals surface area contributed by atoms with Gasteiger partial charge in [0.05, 0.1) is 19.6 Å². The summed E-state index contributed by atoms with van der Waals surface area (Å²) in [6.07, 6.45) is 5.60. The molecule has 4 nitrogen and oxygen atoms in total. The zero-order chi connectivity index (χ0) is 13.2. The van der Waals surface area contributed by atoms with E-state index < -0.39 is 0 Å². The molecule has 19 heavy (non-hydrogen) atoms. The minimum Gasteiger partial charge on any atom is -0.493 e. The summed E-state index contributed by atoms with van der Waals surface area (Å²) in [6.45, 7) is 0. The molecule has 0 unspecified atom stereocenters. The fraction of sp³-hybridized carbons (Fsp3) is 0.267. The van der Waals surface area contributed by atoms with Crippen molar-refractivity contribution >= 4 is 5.78 Å². The lowest BCUT2D eigenvalue weighted by Gasteiger charge is -2.14. The molecule has 3 rings (SSSR count). The summed E-state index contributed by atoms with van der Waals surface area (Å²) < 4.78 is 15.9. The van der Waals surface area contributed by atoms with Gasteiger partial charge in [0.1, 0.15) is 11.5 Å². The van der Waals surface area contributed by atoms with Gasteiger partial charge in [-0.05, 0) is 30.3 Å². The smallest absolute Gasteiger partial charge is 0.201 e. The molecule has 0 aromatic carbocycles. The molecule has 2 aromatic rings. The highest BCUT2D eigenvalue weighted by Crippen LogP contribution is 2.38. The number of carbonyl (C=O) groups excluding carboxylic acids is 1. The van der Waals surface area contributed by atoms with Crippen LogP contribution < -0.4 is 0 Å². The van der Waals surface area contributed by atoms with Gasteiger partial charge in [0.15, 0.2) is 5.76 Å². The Kier molecular flexibility index (Phi) is 2.99. The quantitative estimate of drug-likeness (QED) is 0.846. The first-order valence-corrected chi connectivity index (χ1v) is 6.15. The molecular weight excluding hydrogens is 244 g/mol. The third kappa shape index (κ3) is 2.10. The van der Waals surface area contributed by atoms with Gasteiger partial charge in [-0.25, -0.2) is 0 Å². The van der Waals surface area contributed by atoms with Crippen molar-refractivity contribution in [1.29, 1.82) is 0 Å². The highest BCUT2D eigenvalue weighted by atomic mass is 16.5. The Labute approximate surface area is 110 Å². The Morgan fingerprint density at radius 3 is 2.63 bits per heavy atom. The summed E-state index contributed by atoms with van der Waals surface area (Å²) in [5, 5.41) is 0. The molecule has 98 valence electrons. The summed E-state index contributed by atoms with van der Waals surface area (Å²) in [7, 11) is 1.51. The van der Waals surface area contributed by atoms with Crippen molar-refractivity contribution in [2.75, 3.05) is 7.11 Å². The second-order valence-electron chi connectivity index (χ2n) is 4.53. The molecule has 0 bridgehead atoms. The number of rotatable bonds is 4. The number of ketones is 1. The van der Waals surface area contributed by atoms with E-state index in [1.165, 1.54) is 7.11 Å². The van der Waals surface area contributed by atoms with Crippen LogP contribution in [0.15, 0.2) is 57.5 Å². The Bertz CT molecular complexity index is 578. The van der Waals surface area contributed by atoms with E-state index in [0.717, 1.165) is 11.5 Å². The van der Waals surface area contributed by atoms with E-state index in [1.54, 1.807) is 12.5 Å². The lowest BCUT2D eigenvalue weighted by atomic mass is 9.89. The standard InChI is InChI=1S/C15H14O4/c1-17-14-9-11(13-5-3-7-19-13)12(15(14)16)8-10-4-2-6-18-10/h2-7,9,11-12H,8H2,1H3/t11-,12+/m0/s1. The van der Waals surface area contributed by atoms with Crippen molar-refractivity contribution in [3.8, 4) is 0 Å². The van der Waals surface area contributed by atoms with Crippen molar-refractivity contribution in [2.45, 2.75) is 12.3 Å². The molecule has 0 fully saturated rings. The van der Waals surface area contributed by atoms with E-state index in [1.807, 2.05) is 30.3 Å². The van der Waals surface area contributed by atoms with Gasteiger partial charge in [0.2, 0.25) is 5.78 Å². The molecule has 1 aliphatic rings. The third-order valence-corrected chi connectivity index (χ3v) is 3.44. The van der Waals surface area contributed by atoms with Crippen molar-refractivity contribution in [3.05, 3.63) is 60.1 Å². The van der Waals surface area contributed by atoms with Crippen LogP contribution in [0.2, 0.25) is 0 Å². The fourth-order valence-corrected chi connectivity index (χ4v) is 2.50. The molecule has 0 saturated carbocycles. The summed E-state index contributed by atoms with van der Waals surface area (Å²) in [4.78, 5) is 12.3. The molecule has 0 N–H and O–H groups in total. The van der Waals surface area contributed by atoms with Crippen molar-refractivity contribution < 1.29 is 18.4 Å². The van der Waals surface area contributed by atoms with Gasteiger partial charge in [-0.3, -0.25) is 4.79 Å². The van der Waals surface area contributed by atoms with E-state index >= 15 is 0 Å². The van der Waals surface area contributed by atoms with Crippen LogP contribution in [-0.2, 0) is 16.0 Å². The first kappa shape index (κ1) is 11.8. The number of allylic oxidation sites excluding steroid dienone is 2. The molecule has 0 amide bonds. The maximum absolute atomic E-state index is 12.3. The molecule has 0 spiro atoms. The van der Waals surface area contributed by atoms with Crippen LogP contribution >= 0.6 is 0 Å². The number of hydrogen-bond acceptors (Lipinski definition) is 4. The summed E-state index contributed by atoms with van der Waals surface area (Å²) in [5.41, 5.74) is 0. The molecule has 4 heteroatoms. The van der Waals surface area contributed by atoms with E-state index in [9.17, 15) is 4.79 Å². The zero-order valence-electron chi connectivity index (χ0n) is 10.5. The van der Waals surface area contributed by atoms with Crippen molar-refractivity contribution in [1.82, 2.24) is 0 Å². The lowest BCUT2D eigenvalue weighted by Crippen LogP contribution is -2.18. The van der Waals surface area contributed by atoms with Crippen LogP contribution in [-0.4, -0.2) is 12.9 Å². The third-order valence-electron chi connectivity index (χ3n) is 3.44. The van der Waals surface area contributed by atoms with Crippen molar-refractivity contribution in [2.24, 2.45) is 5.92 Å². The first-order chi connectivity index (χ1) is 9.29. The Morgan fingerprint density at radius 1 is 1.21 bits per heavy atom. The van der Waals surface area contributed by atoms with Crippen LogP contribution in [0.25, 0.3) is 0 Å². The average molecular weight is 258 g/mol. The summed E-state index contributed by atoms with van der Waals surface area (Å²) >= 11 is 0. The predicted molar refractivity (Wildman–Crippen MR) is 67.5 cm³/mol. The molecule has 2 aromatic heterocycles. The van der Waals surface area contributed by atoms with Crippen LogP contribution in [0, 0.1) is 5.92 Å². The molecule has 2 heterocycles. The van der Waals surface area contributed by atoms with Gasteiger partial charge in [0.25, 0.3) is 0 Å². The molecule has 1 aliphatic carbocycles. The second kappa shape index (κ2) is 4.80. The molecule has 0 saturated heterocycles. The summed E-state index contributed by atoms with van der Waals surface area (Å²) in [5.74, 6) is 1.64.